The van der Waals surface area contributed by atoms with Gasteiger partial charge in [-0.05, 0) is 49.2 Å². The minimum absolute atomic E-state index is 0.318. The van der Waals surface area contributed by atoms with Gasteiger partial charge in [0.2, 0.25) is 0 Å². The second kappa shape index (κ2) is 6.08. The maximum Gasteiger partial charge on any atom is 0.0643 e. The highest BCUT2D eigenvalue weighted by Crippen LogP contribution is 2.32. The number of benzene rings is 2. The van der Waals surface area contributed by atoms with E-state index in [-0.39, 0.29) is 0 Å². The van der Waals surface area contributed by atoms with Crippen LogP contribution in [0.2, 0.25) is 5.02 Å². The molecule has 0 saturated heterocycles. The molecule has 0 aromatic heterocycles. The molecule has 0 aliphatic carbocycles. The first-order valence-electron chi connectivity index (χ1n) is 7.47. The Morgan fingerprint density at radius 1 is 1.14 bits per heavy atom. The van der Waals surface area contributed by atoms with E-state index in [0.29, 0.717) is 6.04 Å². The van der Waals surface area contributed by atoms with Crippen molar-refractivity contribution in [3.8, 4) is 0 Å². The van der Waals surface area contributed by atoms with Crippen molar-refractivity contribution in [1.82, 2.24) is 5.32 Å². The number of nitrogens with zero attached hydrogens (tertiary/aromatic N) is 1. The SMILES string of the molecule is CNC(C)c1ccc(N2CCc3ccccc3C2)c(Cl)c1. The first-order chi connectivity index (χ1) is 10.2. The van der Waals surface area contributed by atoms with Gasteiger partial charge in [-0.3, -0.25) is 0 Å². The maximum atomic E-state index is 6.52. The van der Waals surface area contributed by atoms with Gasteiger partial charge in [-0.1, -0.05) is 41.9 Å². The van der Waals surface area contributed by atoms with Crippen LogP contribution in [0.25, 0.3) is 0 Å². The first kappa shape index (κ1) is 14.4. The number of nitrogens with one attached hydrogen (secondary N) is 1. The molecule has 110 valence electrons. The molecule has 2 aromatic carbocycles. The summed E-state index contributed by atoms with van der Waals surface area (Å²) in [6.45, 7) is 4.11. The second-order valence-electron chi connectivity index (χ2n) is 5.66. The van der Waals surface area contributed by atoms with Gasteiger partial charge in [-0.15, -0.1) is 0 Å². The molecule has 21 heavy (non-hydrogen) atoms. The molecule has 1 aliphatic rings. The smallest absolute Gasteiger partial charge is 0.0643 e. The first-order valence-corrected chi connectivity index (χ1v) is 7.85. The van der Waals surface area contributed by atoms with E-state index in [9.17, 15) is 0 Å². The molecular formula is C18H21ClN2. The van der Waals surface area contributed by atoms with Gasteiger partial charge < -0.3 is 10.2 Å². The molecule has 2 nitrogen and oxygen atoms in total. The Morgan fingerprint density at radius 3 is 2.62 bits per heavy atom. The minimum atomic E-state index is 0.318. The van der Waals surface area contributed by atoms with Gasteiger partial charge >= 0.3 is 0 Å². The van der Waals surface area contributed by atoms with Crippen molar-refractivity contribution in [2.45, 2.75) is 25.9 Å². The summed E-state index contributed by atoms with van der Waals surface area (Å²) in [5, 5.41) is 4.09. The van der Waals surface area contributed by atoms with Crippen LogP contribution < -0.4 is 10.2 Å². The quantitative estimate of drug-likeness (QED) is 0.914. The van der Waals surface area contributed by atoms with Crippen LogP contribution in [-0.4, -0.2) is 13.6 Å². The number of hydrogen-bond donors (Lipinski definition) is 1. The van der Waals surface area contributed by atoms with Crippen molar-refractivity contribution in [2.75, 3.05) is 18.5 Å². The number of fused-ring (bicyclic) bond motifs is 1. The maximum absolute atomic E-state index is 6.52. The number of hydrogen-bond acceptors (Lipinski definition) is 2. The molecule has 1 N–H and O–H groups in total. The van der Waals surface area contributed by atoms with Crippen LogP contribution in [0.15, 0.2) is 42.5 Å². The summed E-state index contributed by atoms with van der Waals surface area (Å²) in [6.07, 6.45) is 1.08. The average molecular weight is 301 g/mol. The standard InChI is InChI=1S/C18H21ClN2/c1-13(20-2)15-7-8-18(17(19)11-15)21-10-9-14-5-3-4-6-16(14)12-21/h3-8,11,13,20H,9-10,12H2,1-2H3. The monoisotopic (exact) mass is 300 g/mol. The summed E-state index contributed by atoms with van der Waals surface area (Å²) >= 11 is 6.52. The Morgan fingerprint density at radius 2 is 1.90 bits per heavy atom. The van der Waals surface area contributed by atoms with Gasteiger partial charge in [-0.25, -0.2) is 0 Å². The summed E-state index contributed by atoms with van der Waals surface area (Å²) in [4.78, 5) is 2.37. The Balaban J connectivity index is 1.85. The Hall–Kier alpha value is -1.51. The lowest BCUT2D eigenvalue weighted by atomic mass is 9.99. The van der Waals surface area contributed by atoms with E-state index in [0.717, 1.165) is 30.2 Å². The zero-order valence-corrected chi connectivity index (χ0v) is 13.3. The number of rotatable bonds is 3. The van der Waals surface area contributed by atoms with E-state index in [1.165, 1.54) is 16.7 Å². The molecular weight excluding hydrogens is 280 g/mol. The molecule has 1 heterocycles. The van der Waals surface area contributed by atoms with Crippen LogP contribution >= 0.6 is 11.6 Å². The van der Waals surface area contributed by atoms with E-state index in [4.69, 9.17) is 11.6 Å². The highest BCUT2D eigenvalue weighted by atomic mass is 35.5. The van der Waals surface area contributed by atoms with Gasteiger partial charge in [0.1, 0.15) is 0 Å². The normalized spacial score (nSPS) is 15.7. The van der Waals surface area contributed by atoms with Crippen LogP contribution in [0, 0.1) is 0 Å². The minimum Gasteiger partial charge on any atom is -0.366 e. The molecule has 0 fully saturated rings. The average Bonchev–Trinajstić information content (AvgIpc) is 2.53. The van der Waals surface area contributed by atoms with Crippen molar-refractivity contribution < 1.29 is 0 Å². The van der Waals surface area contributed by atoms with E-state index >= 15 is 0 Å². The lowest BCUT2D eigenvalue weighted by Gasteiger charge is -2.31. The van der Waals surface area contributed by atoms with Gasteiger partial charge in [0.25, 0.3) is 0 Å². The highest BCUT2D eigenvalue weighted by Gasteiger charge is 2.18. The van der Waals surface area contributed by atoms with Gasteiger partial charge in [0.15, 0.2) is 0 Å². The predicted octanol–water partition coefficient (Wildman–Crippen LogP) is 4.18. The van der Waals surface area contributed by atoms with Gasteiger partial charge in [-0.2, -0.15) is 0 Å². The van der Waals surface area contributed by atoms with Crippen LogP contribution in [0.4, 0.5) is 5.69 Å². The number of halogens is 1. The van der Waals surface area contributed by atoms with Crippen molar-refractivity contribution in [1.29, 1.82) is 0 Å². The van der Waals surface area contributed by atoms with Crippen LogP contribution in [0.3, 0.4) is 0 Å². The predicted molar refractivity (Wildman–Crippen MR) is 90.1 cm³/mol. The fourth-order valence-electron chi connectivity index (χ4n) is 2.92. The Labute approximate surface area is 131 Å². The summed E-state index contributed by atoms with van der Waals surface area (Å²) in [5.41, 5.74) is 5.24. The molecule has 0 saturated carbocycles. The van der Waals surface area contributed by atoms with Gasteiger partial charge in [0, 0.05) is 19.1 Å². The molecule has 1 aliphatic heterocycles. The van der Waals surface area contributed by atoms with Crippen molar-refractivity contribution in [3.63, 3.8) is 0 Å². The van der Waals surface area contributed by atoms with Gasteiger partial charge in [0.05, 0.1) is 10.7 Å². The zero-order valence-electron chi connectivity index (χ0n) is 12.6. The van der Waals surface area contributed by atoms with Crippen molar-refractivity contribution in [2.24, 2.45) is 0 Å². The van der Waals surface area contributed by atoms with E-state index in [1.807, 2.05) is 7.05 Å². The molecule has 3 heteroatoms. The third-order valence-electron chi connectivity index (χ3n) is 4.38. The van der Waals surface area contributed by atoms with E-state index in [2.05, 4.69) is 59.6 Å². The second-order valence-corrected chi connectivity index (χ2v) is 6.07. The third kappa shape index (κ3) is 2.92. The zero-order chi connectivity index (χ0) is 14.8. The summed E-state index contributed by atoms with van der Waals surface area (Å²) in [5.74, 6) is 0. The van der Waals surface area contributed by atoms with Crippen LogP contribution in [-0.2, 0) is 13.0 Å². The Bertz CT molecular complexity index is 639. The van der Waals surface area contributed by atoms with Crippen LogP contribution in [0.1, 0.15) is 29.7 Å². The summed E-state index contributed by atoms with van der Waals surface area (Å²) in [6, 6.07) is 15.4. The topological polar surface area (TPSA) is 15.3 Å². The third-order valence-corrected chi connectivity index (χ3v) is 4.68. The fourth-order valence-corrected chi connectivity index (χ4v) is 3.23. The molecule has 1 atom stereocenters. The summed E-state index contributed by atoms with van der Waals surface area (Å²) < 4.78 is 0. The molecule has 0 radical (unpaired) electrons. The lowest BCUT2D eigenvalue weighted by molar-refractivity contribution is 0.652. The number of anilines is 1. The lowest BCUT2D eigenvalue weighted by Crippen LogP contribution is -2.30. The van der Waals surface area contributed by atoms with Crippen molar-refractivity contribution in [3.05, 3.63) is 64.2 Å². The Kier molecular flexibility index (Phi) is 4.18. The van der Waals surface area contributed by atoms with E-state index in [1.54, 1.807) is 0 Å². The fraction of sp³-hybridized carbons (Fsp3) is 0.333. The highest BCUT2D eigenvalue weighted by molar-refractivity contribution is 6.33. The van der Waals surface area contributed by atoms with Crippen LogP contribution in [0.5, 0.6) is 0 Å². The largest absolute Gasteiger partial charge is 0.366 e. The molecule has 3 rings (SSSR count). The molecule has 0 spiro atoms. The molecule has 0 bridgehead atoms. The van der Waals surface area contributed by atoms with Crippen molar-refractivity contribution >= 4 is 17.3 Å². The summed E-state index contributed by atoms with van der Waals surface area (Å²) in [7, 11) is 1.97. The molecule has 1 unspecified atom stereocenters. The van der Waals surface area contributed by atoms with E-state index < -0.39 is 0 Å². The molecule has 0 amide bonds. The molecule has 2 aromatic rings.